The summed E-state index contributed by atoms with van der Waals surface area (Å²) in [5, 5.41) is 0. The zero-order chi connectivity index (χ0) is 22.4. The first-order valence-corrected chi connectivity index (χ1v) is 12.0. The number of imide groups is 1. The third kappa shape index (κ3) is 5.21. The second-order valence-electron chi connectivity index (χ2n) is 8.12. The maximum absolute atomic E-state index is 12.7. The Morgan fingerprint density at radius 1 is 1.24 bits per heavy atom. The second-order valence-corrected chi connectivity index (χ2v) is 13.6. The lowest BCUT2D eigenvalue weighted by Crippen LogP contribution is -2.52. The minimum Gasteiger partial charge on any atom is -0.444 e. The number of nitrogens with zero attached hydrogens (tertiary/aromatic N) is 3. The molecule has 1 rings (SSSR count). The van der Waals surface area contributed by atoms with Crippen molar-refractivity contribution in [3.05, 3.63) is 5.53 Å². The van der Waals surface area contributed by atoms with Gasteiger partial charge in [-0.2, -0.15) is 4.79 Å². The van der Waals surface area contributed by atoms with E-state index >= 15 is 0 Å². The van der Waals surface area contributed by atoms with E-state index in [0.717, 1.165) is 4.90 Å². The van der Waals surface area contributed by atoms with Crippen molar-refractivity contribution < 1.29 is 28.3 Å². The van der Waals surface area contributed by atoms with Gasteiger partial charge in [0.05, 0.1) is 12.6 Å². The Hall–Kier alpha value is -2.27. The number of ether oxygens (including phenoxy) is 1. The minimum atomic E-state index is -2.20. The highest BCUT2D eigenvalue weighted by atomic mass is 28.4. The van der Waals surface area contributed by atoms with Crippen LogP contribution in [0.5, 0.6) is 0 Å². The van der Waals surface area contributed by atoms with Gasteiger partial charge in [0.15, 0.2) is 14.9 Å². The van der Waals surface area contributed by atoms with Crippen LogP contribution in [0, 0.1) is 12.3 Å². The van der Waals surface area contributed by atoms with Crippen LogP contribution in [0.3, 0.4) is 0 Å². The van der Waals surface area contributed by atoms with Gasteiger partial charge in [-0.25, -0.2) is 4.79 Å². The third-order valence-corrected chi connectivity index (χ3v) is 11.6. The average Bonchev–Trinajstić information content (AvgIpc) is 3.00. The minimum absolute atomic E-state index is 0.150. The van der Waals surface area contributed by atoms with E-state index in [1.165, 1.54) is 0 Å². The molecule has 0 aliphatic carbocycles. The summed E-state index contributed by atoms with van der Waals surface area (Å²) in [5.74, 6) is -0.538. The van der Waals surface area contributed by atoms with E-state index in [2.05, 4.69) is 57.0 Å². The van der Waals surface area contributed by atoms with Crippen molar-refractivity contribution in [3.8, 4) is 12.3 Å². The zero-order valence-corrected chi connectivity index (χ0v) is 19.1. The van der Waals surface area contributed by atoms with Gasteiger partial charge in [-0.15, -0.1) is 6.42 Å². The molecule has 0 aromatic heterocycles. The molecular formula is C20H31N3O5Si. The van der Waals surface area contributed by atoms with Gasteiger partial charge < -0.3 is 14.7 Å². The fraction of sp³-hybridized carbons (Fsp3) is 0.700. The van der Waals surface area contributed by atoms with Gasteiger partial charge >= 0.3 is 17.6 Å². The second kappa shape index (κ2) is 10.5. The van der Waals surface area contributed by atoms with Crippen molar-refractivity contribution in [2.75, 3.05) is 13.2 Å². The fourth-order valence-corrected chi connectivity index (χ4v) is 9.86. The SMILES string of the molecule is C#CCOC(=O)C(=[N+]=[N-])C(=O)N1C(=O)CC[C@H]1CO[Si](C(C)C)(C(C)C)C(C)C. The largest absolute Gasteiger partial charge is 0.463 e. The molecule has 0 saturated carbocycles. The summed E-state index contributed by atoms with van der Waals surface area (Å²) in [6.07, 6.45) is 5.59. The Morgan fingerprint density at radius 2 is 1.79 bits per heavy atom. The number of rotatable bonds is 9. The van der Waals surface area contributed by atoms with Crippen LogP contribution < -0.4 is 0 Å². The van der Waals surface area contributed by atoms with Crippen LogP contribution in [0.2, 0.25) is 16.6 Å². The van der Waals surface area contributed by atoms with Crippen molar-refractivity contribution in [2.24, 2.45) is 0 Å². The lowest BCUT2D eigenvalue weighted by molar-refractivity contribution is -0.147. The molecule has 0 aromatic carbocycles. The highest BCUT2D eigenvalue weighted by Crippen LogP contribution is 2.42. The monoisotopic (exact) mass is 421 g/mol. The number of likely N-dealkylation sites (tertiary alicyclic amines) is 1. The Morgan fingerprint density at radius 3 is 2.24 bits per heavy atom. The number of carbonyl (C=O) groups excluding carboxylic acids is 3. The molecule has 0 spiro atoms. The molecule has 2 amide bonds. The standard InChI is InChI=1S/C20H31N3O5Si/c1-8-11-27-20(26)18(22-21)19(25)23-16(9-10-17(23)24)12-28-29(13(2)3,14(4)5)15(6)7/h1,13-16H,9-12H2,2-7H3/t16-/m0/s1. The lowest BCUT2D eigenvalue weighted by Gasteiger charge is -2.43. The van der Waals surface area contributed by atoms with Crippen LogP contribution in [-0.2, 0) is 23.5 Å². The molecular weight excluding hydrogens is 390 g/mol. The van der Waals surface area contributed by atoms with Crippen LogP contribution >= 0.6 is 0 Å². The topological polar surface area (TPSA) is 109 Å². The summed E-state index contributed by atoms with van der Waals surface area (Å²) in [4.78, 5) is 40.7. The summed E-state index contributed by atoms with van der Waals surface area (Å²) in [5.41, 5.74) is 9.29. The molecule has 1 aliphatic rings. The quantitative estimate of drug-likeness (QED) is 0.108. The van der Waals surface area contributed by atoms with Crippen molar-refractivity contribution in [1.29, 1.82) is 0 Å². The maximum atomic E-state index is 12.7. The summed E-state index contributed by atoms with van der Waals surface area (Å²) in [6, 6.07) is -0.532. The van der Waals surface area contributed by atoms with Crippen LogP contribution in [0.15, 0.2) is 0 Å². The van der Waals surface area contributed by atoms with Gasteiger partial charge in [0.2, 0.25) is 5.91 Å². The number of esters is 1. The van der Waals surface area contributed by atoms with E-state index < -0.39 is 37.9 Å². The molecule has 0 radical (unpaired) electrons. The smallest absolute Gasteiger partial charge is 0.444 e. The molecule has 1 fully saturated rings. The van der Waals surface area contributed by atoms with Crippen LogP contribution in [-0.4, -0.2) is 60.8 Å². The average molecular weight is 422 g/mol. The number of amides is 2. The Balaban J connectivity index is 3.07. The van der Waals surface area contributed by atoms with Gasteiger partial charge in [-0.05, 0) is 23.0 Å². The van der Waals surface area contributed by atoms with Gasteiger partial charge in [-0.3, -0.25) is 14.5 Å². The molecule has 1 aliphatic heterocycles. The van der Waals surface area contributed by atoms with Gasteiger partial charge in [-0.1, -0.05) is 47.5 Å². The summed E-state index contributed by atoms with van der Waals surface area (Å²) >= 11 is 0. The molecule has 0 unspecified atom stereocenters. The molecule has 0 N–H and O–H groups in total. The summed E-state index contributed by atoms with van der Waals surface area (Å²) in [7, 11) is -2.20. The van der Waals surface area contributed by atoms with Crippen molar-refractivity contribution in [2.45, 2.75) is 77.0 Å². The normalized spacial score (nSPS) is 16.9. The molecule has 1 atom stereocenters. The first kappa shape index (κ1) is 24.8. The van der Waals surface area contributed by atoms with Gasteiger partial charge in [0.25, 0.3) is 0 Å². The molecule has 9 heteroatoms. The Kier molecular flexibility index (Phi) is 8.96. The van der Waals surface area contributed by atoms with E-state index in [9.17, 15) is 14.4 Å². The predicted molar refractivity (Wildman–Crippen MR) is 110 cm³/mol. The molecule has 29 heavy (non-hydrogen) atoms. The lowest BCUT2D eigenvalue weighted by atomic mass is 10.2. The molecule has 1 saturated heterocycles. The number of carbonyl (C=O) groups is 3. The van der Waals surface area contributed by atoms with Crippen LogP contribution in [0.4, 0.5) is 0 Å². The Labute approximate surface area is 173 Å². The number of hydrogen-bond acceptors (Lipinski definition) is 5. The van der Waals surface area contributed by atoms with Gasteiger partial charge in [0, 0.05) is 6.42 Å². The molecule has 0 aromatic rings. The van der Waals surface area contributed by atoms with E-state index in [1.54, 1.807) is 0 Å². The molecule has 1 heterocycles. The first-order chi connectivity index (χ1) is 13.5. The highest BCUT2D eigenvalue weighted by Gasteiger charge is 2.48. The third-order valence-electron chi connectivity index (χ3n) is 5.56. The summed E-state index contributed by atoms with van der Waals surface area (Å²) in [6.45, 7) is 12.7. The zero-order valence-electron chi connectivity index (χ0n) is 18.1. The van der Waals surface area contributed by atoms with Crippen molar-refractivity contribution in [3.63, 3.8) is 0 Å². The van der Waals surface area contributed by atoms with E-state index in [0.29, 0.717) is 23.0 Å². The molecule has 8 nitrogen and oxygen atoms in total. The summed E-state index contributed by atoms with van der Waals surface area (Å²) < 4.78 is 11.2. The first-order valence-electron chi connectivity index (χ1n) is 9.87. The number of hydrogen-bond donors (Lipinski definition) is 0. The van der Waals surface area contributed by atoms with E-state index in [4.69, 9.17) is 16.4 Å². The predicted octanol–water partition coefficient (Wildman–Crippen LogP) is 2.54. The van der Waals surface area contributed by atoms with Crippen LogP contribution in [0.1, 0.15) is 54.4 Å². The van der Waals surface area contributed by atoms with E-state index in [1.807, 2.05) is 0 Å². The maximum Gasteiger partial charge on any atom is 0.463 e. The van der Waals surface area contributed by atoms with Crippen LogP contribution in [0.25, 0.3) is 5.53 Å². The Bertz CT molecular complexity index is 713. The fourth-order valence-electron chi connectivity index (χ4n) is 4.38. The molecule has 0 bridgehead atoms. The van der Waals surface area contributed by atoms with Crippen molar-refractivity contribution in [1.82, 2.24) is 4.90 Å². The number of terminal acetylenes is 1. The van der Waals surface area contributed by atoms with E-state index in [-0.39, 0.29) is 19.6 Å². The van der Waals surface area contributed by atoms with Gasteiger partial charge in [0.1, 0.15) is 0 Å². The highest BCUT2D eigenvalue weighted by molar-refractivity contribution is 6.77. The molecule has 160 valence electrons. The van der Waals surface area contributed by atoms with Crippen molar-refractivity contribution >= 4 is 31.8 Å².